The quantitative estimate of drug-likeness (QED) is 0.634. The number of rotatable bonds is 5. The van der Waals surface area contributed by atoms with Crippen molar-refractivity contribution in [2.24, 2.45) is 0 Å². The van der Waals surface area contributed by atoms with Gasteiger partial charge in [-0.3, -0.25) is 24.6 Å². The van der Waals surface area contributed by atoms with Crippen LogP contribution in [-0.4, -0.2) is 68.8 Å². The molecule has 1 N–H and O–H groups in total. The smallest absolute Gasteiger partial charge is 0.255 e. The number of nitrogens with one attached hydrogen (secondary N) is 1. The van der Waals surface area contributed by atoms with Gasteiger partial charge in [-0.2, -0.15) is 0 Å². The van der Waals surface area contributed by atoms with Crippen LogP contribution in [0, 0.1) is 0 Å². The molecule has 4 heterocycles. The lowest BCUT2D eigenvalue weighted by molar-refractivity contribution is -0.136. The molecule has 2 aromatic rings. The molecule has 10 heteroatoms. The summed E-state index contributed by atoms with van der Waals surface area (Å²) in [5, 5.41) is 2.89. The minimum absolute atomic E-state index is 0.0866. The Morgan fingerprint density at radius 2 is 1.86 bits per heavy atom. The Morgan fingerprint density at radius 3 is 2.63 bits per heavy atom. The summed E-state index contributed by atoms with van der Waals surface area (Å²) in [5.41, 5.74) is 1.45. The number of hydrogen-bond acceptors (Lipinski definition) is 7. The molecule has 0 radical (unpaired) electrons. The van der Waals surface area contributed by atoms with Crippen molar-refractivity contribution in [3.63, 3.8) is 0 Å². The summed E-state index contributed by atoms with van der Waals surface area (Å²) in [6, 6.07) is 5.30. The van der Waals surface area contributed by atoms with E-state index in [0.29, 0.717) is 35.5 Å². The highest BCUT2D eigenvalue weighted by Gasteiger charge is 2.42. The van der Waals surface area contributed by atoms with Crippen LogP contribution in [0.3, 0.4) is 0 Å². The Morgan fingerprint density at radius 1 is 1.06 bits per heavy atom. The lowest BCUT2D eigenvalue weighted by Gasteiger charge is -2.44. The van der Waals surface area contributed by atoms with E-state index in [2.05, 4.69) is 20.2 Å². The van der Waals surface area contributed by atoms with Gasteiger partial charge in [-0.05, 0) is 49.4 Å². The minimum Gasteiger partial charge on any atom is -0.489 e. The average Bonchev–Trinajstić information content (AvgIpc) is 3.38. The molecule has 4 aliphatic rings. The number of amides is 3. The summed E-state index contributed by atoms with van der Waals surface area (Å²) in [4.78, 5) is 49.4. The molecule has 3 amide bonds. The second-order valence-electron chi connectivity index (χ2n) is 9.78. The van der Waals surface area contributed by atoms with Crippen LogP contribution in [0.4, 0.5) is 0 Å². The molecule has 3 aliphatic heterocycles. The van der Waals surface area contributed by atoms with E-state index in [-0.39, 0.29) is 24.3 Å². The molecule has 1 aliphatic carbocycles. The van der Waals surface area contributed by atoms with Gasteiger partial charge in [-0.15, -0.1) is 0 Å². The fraction of sp³-hybridized carbons (Fsp3) is 0.480. The van der Waals surface area contributed by atoms with Gasteiger partial charge in [0.2, 0.25) is 11.8 Å². The van der Waals surface area contributed by atoms with E-state index in [0.717, 1.165) is 49.5 Å². The van der Waals surface area contributed by atoms with Crippen molar-refractivity contribution in [2.45, 2.75) is 62.8 Å². The summed E-state index contributed by atoms with van der Waals surface area (Å²) < 4.78 is 6.43. The van der Waals surface area contributed by atoms with Crippen LogP contribution in [0.2, 0.25) is 5.02 Å². The first-order valence-electron chi connectivity index (χ1n) is 12.1. The second-order valence-corrected chi connectivity index (χ2v) is 10.2. The third-order valence-electron chi connectivity index (χ3n) is 7.58. The van der Waals surface area contributed by atoms with Crippen LogP contribution >= 0.6 is 11.6 Å². The zero-order chi connectivity index (χ0) is 24.1. The molecule has 182 valence electrons. The van der Waals surface area contributed by atoms with Crippen LogP contribution in [0.5, 0.6) is 5.75 Å². The zero-order valence-corrected chi connectivity index (χ0v) is 19.9. The number of piperidine rings is 1. The van der Waals surface area contributed by atoms with Gasteiger partial charge in [0.25, 0.3) is 5.91 Å². The summed E-state index contributed by atoms with van der Waals surface area (Å²) in [6.45, 7) is 2.16. The Balaban J connectivity index is 1.10. The Labute approximate surface area is 207 Å². The van der Waals surface area contributed by atoms with Gasteiger partial charge in [-0.1, -0.05) is 11.6 Å². The largest absolute Gasteiger partial charge is 0.489 e. The SMILES string of the molecule is O=C1CCC(N2Cc3cc(O[C@@H]4CCC[C@H]4N4CC(c5ncc(Cl)cn5)C4)ccc3C2=O)C(=O)N1. The maximum atomic E-state index is 12.9. The van der Waals surface area contributed by atoms with Crippen LogP contribution in [0.25, 0.3) is 0 Å². The van der Waals surface area contributed by atoms with Gasteiger partial charge in [0.15, 0.2) is 0 Å². The predicted octanol–water partition coefficient (Wildman–Crippen LogP) is 2.29. The van der Waals surface area contributed by atoms with Gasteiger partial charge in [-0.25, -0.2) is 9.97 Å². The molecule has 3 fully saturated rings. The van der Waals surface area contributed by atoms with Crippen LogP contribution < -0.4 is 10.1 Å². The zero-order valence-electron chi connectivity index (χ0n) is 19.2. The van der Waals surface area contributed by atoms with Crippen LogP contribution in [0.15, 0.2) is 30.6 Å². The molecule has 1 saturated carbocycles. The number of aromatic nitrogens is 2. The first kappa shape index (κ1) is 22.4. The van der Waals surface area contributed by atoms with Crippen molar-refractivity contribution in [2.75, 3.05) is 13.1 Å². The molecule has 9 nitrogen and oxygen atoms in total. The fourth-order valence-corrected chi connectivity index (χ4v) is 5.84. The number of ether oxygens (including phenoxy) is 1. The Hall–Kier alpha value is -3.04. The van der Waals surface area contributed by atoms with Gasteiger partial charge >= 0.3 is 0 Å². The average molecular weight is 496 g/mol. The number of benzene rings is 1. The maximum Gasteiger partial charge on any atom is 0.255 e. The highest BCUT2D eigenvalue weighted by atomic mass is 35.5. The van der Waals surface area contributed by atoms with E-state index in [1.807, 2.05) is 12.1 Å². The number of carbonyl (C=O) groups is 3. The lowest BCUT2D eigenvalue weighted by atomic mass is 9.95. The van der Waals surface area contributed by atoms with Crippen molar-refractivity contribution >= 4 is 29.3 Å². The number of carbonyl (C=O) groups excluding carboxylic acids is 3. The van der Waals surface area contributed by atoms with Crippen molar-refractivity contribution < 1.29 is 19.1 Å². The van der Waals surface area contributed by atoms with E-state index in [4.69, 9.17) is 16.3 Å². The summed E-state index contributed by atoms with van der Waals surface area (Å²) in [7, 11) is 0. The number of fused-ring (bicyclic) bond motifs is 1. The maximum absolute atomic E-state index is 12.9. The van der Waals surface area contributed by atoms with Gasteiger partial charge < -0.3 is 9.64 Å². The summed E-state index contributed by atoms with van der Waals surface area (Å²) >= 11 is 5.91. The number of nitrogens with zero attached hydrogens (tertiary/aromatic N) is 4. The Kier molecular flexibility index (Phi) is 5.69. The number of imide groups is 1. The van der Waals surface area contributed by atoms with Crippen molar-refractivity contribution in [3.05, 3.63) is 52.6 Å². The molecule has 1 aromatic carbocycles. The molecule has 35 heavy (non-hydrogen) atoms. The van der Waals surface area contributed by atoms with E-state index >= 15 is 0 Å². The van der Waals surface area contributed by atoms with Crippen LogP contribution in [-0.2, 0) is 16.1 Å². The molecule has 1 unspecified atom stereocenters. The molecular weight excluding hydrogens is 470 g/mol. The van der Waals surface area contributed by atoms with Crippen LogP contribution in [0.1, 0.15) is 59.8 Å². The molecule has 0 spiro atoms. The highest BCUT2D eigenvalue weighted by Crippen LogP contribution is 2.36. The van der Waals surface area contributed by atoms with Crippen molar-refractivity contribution in [1.82, 2.24) is 25.1 Å². The number of hydrogen-bond donors (Lipinski definition) is 1. The highest BCUT2D eigenvalue weighted by molar-refractivity contribution is 6.30. The first-order valence-corrected chi connectivity index (χ1v) is 12.5. The molecule has 0 bridgehead atoms. The first-order chi connectivity index (χ1) is 17.0. The topological polar surface area (TPSA) is 105 Å². The van der Waals surface area contributed by atoms with E-state index in [1.54, 1.807) is 23.4 Å². The monoisotopic (exact) mass is 495 g/mol. The molecule has 1 aromatic heterocycles. The van der Waals surface area contributed by atoms with E-state index < -0.39 is 11.9 Å². The minimum atomic E-state index is -0.611. The molecule has 3 atom stereocenters. The summed E-state index contributed by atoms with van der Waals surface area (Å²) in [5.74, 6) is 1.05. The number of halogens is 1. The molecule has 6 rings (SSSR count). The van der Waals surface area contributed by atoms with Gasteiger partial charge in [0.1, 0.15) is 23.7 Å². The van der Waals surface area contributed by atoms with Crippen molar-refractivity contribution in [3.8, 4) is 5.75 Å². The third kappa shape index (κ3) is 4.16. The van der Waals surface area contributed by atoms with Gasteiger partial charge in [0, 0.05) is 56.0 Å². The number of likely N-dealkylation sites (tertiary alicyclic amines) is 1. The summed E-state index contributed by atoms with van der Waals surface area (Å²) in [6.07, 6.45) is 7.17. The Bertz CT molecular complexity index is 1180. The normalized spacial score (nSPS) is 27.1. The second kappa shape index (κ2) is 8.87. The molecule has 2 saturated heterocycles. The van der Waals surface area contributed by atoms with E-state index in [9.17, 15) is 14.4 Å². The fourth-order valence-electron chi connectivity index (χ4n) is 5.74. The standard InChI is InChI=1S/C25H26ClN5O4/c26-16-9-27-23(28-10-16)15-11-30(12-15)19-2-1-3-21(19)35-17-4-5-18-14(8-17)13-31(25(18)34)20-6-7-22(32)29-24(20)33/h4-5,8-10,15,19-21H,1-3,6-7,11-13H2,(H,29,32,33)/t19-,20?,21-/m1/s1. The predicted molar refractivity (Wildman–Crippen MR) is 126 cm³/mol. The molecular formula is C25H26ClN5O4. The lowest BCUT2D eigenvalue weighted by Crippen LogP contribution is -2.54. The van der Waals surface area contributed by atoms with Crippen molar-refractivity contribution in [1.29, 1.82) is 0 Å². The van der Waals surface area contributed by atoms with Gasteiger partial charge in [0.05, 0.1) is 5.02 Å². The third-order valence-corrected chi connectivity index (χ3v) is 7.78. The van der Waals surface area contributed by atoms with E-state index in [1.165, 1.54) is 0 Å².